The van der Waals surface area contributed by atoms with Gasteiger partial charge in [-0.15, -0.1) is 12.4 Å². The molecule has 1 unspecified atom stereocenters. The van der Waals surface area contributed by atoms with Crippen molar-refractivity contribution in [3.8, 4) is 0 Å². The lowest BCUT2D eigenvalue weighted by atomic mass is 9.78. The van der Waals surface area contributed by atoms with Crippen LogP contribution in [0.5, 0.6) is 0 Å². The summed E-state index contributed by atoms with van der Waals surface area (Å²) in [5.41, 5.74) is -0.0867. The van der Waals surface area contributed by atoms with Gasteiger partial charge >= 0.3 is 0 Å². The Morgan fingerprint density at radius 2 is 1.82 bits per heavy atom. The molecular formula is C16H28ClN3O2. The highest BCUT2D eigenvalue weighted by atomic mass is 35.5. The van der Waals surface area contributed by atoms with Crippen LogP contribution in [-0.4, -0.2) is 59.4 Å². The van der Waals surface area contributed by atoms with E-state index in [4.69, 9.17) is 0 Å². The van der Waals surface area contributed by atoms with Crippen LogP contribution in [0, 0.1) is 0 Å². The zero-order valence-electron chi connectivity index (χ0n) is 13.5. The number of hydrogen-bond acceptors (Lipinski definition) is 3. The molecule has 1 N–H and O–H groups in total. The predicted molar refractivity (Wildman–Crippen MR) is 88.1 cm³/mol. The van der Waals surface area contributed by atoms with Gasteiger partial charge in [0, 0.05) is 26.6 Å². The fourth-order valence-corrected chi connectivity index (χ4v) is 4.41. The zero-order valence-corrected chi connectivity index (χ0v) is 14.3. The molecule has 0 aromatic heterocycles. The molecular weight excluding hydrogens is 302 g/mol. The Morgan fingerprint density at radius 1 is 1.09 bits per heavy atom. The molecule has 2 saturated heterocycles. The van der Waals surface area contributed by atoms with Crippen molar-refractivity contribution >= 4 is 24.2 Å². The topological polar surface area (TPSA) is 52.7 Å². The Balaban J connectivity index is 0.00000176. The molecule has 3 aliphatic rings. The molecule has 0 radical (unpaired) electrons. The molecule has 2 aliphatic heterocycles. The lowest BCUT2D eigenvalue weighted by molar-refractivity contribution is -0.151. The van der Waals surface area contributed by atoms with E-state index in [1.807, 2.05) is 4.90 Å². The van der Waals surface area contributed by atoms with E-state index in [0.29, 0.717) is 13.1 Å². The average molecular weight is 330 g/mol. The molecule has 6 heteroatoms. The summed E-state index contributed by atoms with van der Waals surface area (Å²) in [5.74, 6) is 0.420. The molecule has 2 amide bonds. The maximum atomic E-state index is 12.7. The summed E-state index contributed by atoms with van der Waals surface area (Å²) in [6.07, 6.45) is 7.75. The van der Waals surface area contributed by atoms with Crippen molar-refractivity contribution in [3.05, 3.63) is 0 Å². The molecule has 0 aromatic rings. The number of nitrogens with one attached hydrogen (secondary N) is 1. The number of rotatable bonds is 1. The van der Waals surface area contributed by atoms with Gasteiger partial charge in [-0.1, -0.05) is 19.3 Å². The average Bonchev–Trinajstić information content (AvgIpc) is 3.01. The first-order valence-electron chi connectivity index (χ1n) is 8.43. The Hall–Kier alpha value is -0.810. The van der Waals surface area contributed by atoms with Gasteiger partial charge in [0.1, 0.15) is 0 Å². The Bertz CT molecular complexity index is 418. The summed E-state index contributed by atoms with van der Waals surface area (Å²) in [4.78, 5) is 28.8. The minimum Gasteiger partial charge on any atom is -0.337 e. The van der Waals surface area contributed by atoms with Crippen molar-refractivity contribution in [2.24, 2.45) is 0 Å². The minimum absolute atomic E-state index is 0. The van der Waals surface area contributed by atoms with E-state index in [0.717, 1.165) is 38.8 Å². The molecule has 126 valence electrons. The molecule has 0 bridgehead atoms. The van der Waals surface area contributed by atoms with E-state index in [-0.39, 0.29) is 35.8 Å². The summed E-state index contributed by atoms with van der Waals surface area (Å²) in [7, 11) is 0. The van der Waals surface area contributed by atoms with Gasteiger partial charge in [0.15, 0.2) is 0 Å². The molecule has 1 saturated carbocycles. The van der Waals surface area contributed by atoms with E-state index in [2.05, 4.69) is 10.2 Å². The van der Waals surface area contributed by atoms with Gasteiger partial charge in [0.05, 0.1) is 11.6 Å². The van der Waals surface area contributed by atoms with Crippen LogP contribution in [0.2, 0.25) is 0 Å². The highest BCUT2D eigenvalue weighted by molar-refractivity contribution is 5.85. The second-order valence-electron chi connectivity index (χ2n) is 6.86. The third-order valence-electron chi connectivity index (χ3n) is 5.49. The predicted octanol–water partition coefficient (Wildman–Crippen LogP) is 1.55. The van der Waals surface area contributed by atoms with Gasteiger partial charge in [0.25, 0.3) is 0 Å². The fraction of sp³-hybridized carbons (Fsp3) is 0.875. The molecule has 1 atom stereocenters. The van der Waals surface area contributed by atoms with Crippen molar-refractivity contribution in [3.63, 3.8) is 0 Å². The maximum absolute atomic E-state index is 12.7. The summed E-state index contributed by atoms with van der Waals surface area (Å²) in [6, 6.07) is 0.00881. The zero-order chi connectivity index (χ0) is 14.9. The number of carbonyl (C=O) groups excluding carboxylic acids is 2. The molecule has 2 heterocycles. The highest BCUT2D eigenvalue weighted by Crippen LogP contribution is 2.37. The van der Waals surface area contributed by atoms with Crippen molar-refractivity contribution < 1.29 is 9.59 Å². The van der Waals surface area contributed by atoms with Crippen molar-refractivity contribution in [2.75, 3.05) is 26.2 Å². The van der Waals surface area contributed by atoms with Crippen LogP contribution in [0.25, 0.3) is 0 Å². The minimum atomic E-state index is -0.0867. The number of amides is 2. The number of piperazine rings is 1. The third-order valence-corrected chi connectivity index (χ3v) is 5.49. The molecule has 3 fully saturated rings. The van der Waals surface area contributed by atoms with E-state index in [1.165, 1.54) is 19.3 Å². The number of nitrogens with zero attached hydrogens (tertiary/aromatic N) is 2. The quantitative estimate of drug-likeness (QED) is 0.794. The Kier molecular flexibility index (Phi) is 5.72. The number of carbonyl (C=O) groups is 2. The first-order valence-corrected chi connectivity index (χ1v) is 8.43. The molecule has 1 spiro atoms. The van der Waals surface area contributed by atoms with E-state index in [1.54, 1.807) is 6.92 Å². The number of hydrogen-bond donors (Lipinski definition) is 1. The van der Waals surface area contributed by atoms with Crippen molar-refractivity contribution in [1.82, 2.24) is 15.1 Å². The summed E-state index contributed by atoms with van der Waals surface area (Å²) < 4.78 is 0. The van der Waals surface area contributed by atoms with Crippen molar-refractivity contribution in [2.45, 2.75) is 63.5 Å². The van der Waals surface area contributed by atoms with E-state index < -0.39 is 0 Å². The van der Waals surface area contributed by atoms with Gasteiger partial charge in [-0.3, -0.25) is 9.59 Å². The highest BCUT2D eigenvalue weighted by Gasteiger charge is 2.45. The van der Waals surface area contributed by atoms with Crippen LogP contribution in [0.1, 0.15) is 51.9 Å². The van der Waals surface area contributed by atoms with Crippen LogP contribution >= 0.6 is 12.4 Å². The fourth-order valence-electron chi connectivity index (χ4n) is 4.41. The number of halogens is 1. The third kappa shape index (κ3) is 3.25. The molecule has 0 aromatic carbocycles. The summed E-state index contributed by atoms with van der Waals surface area (Å²) in [5, 5.41) is 3.31. The van der Waals surface area contributed by atoms with E-state index in [9.17, 15) is 9.59 Å². The van der Waals surface area contributed by atoms with Crippen LogP contribution in [0.3, 0.4) is 0 Å². The van der Waals surface area contributed by atoms with Gasteiger partial charge in [0.2, 0.25) is 11.8 Å². The molecule has 22 heavy (non-hydrogen) atoms. The van der Waals surface area contributed by atoms with Crippen LogP contribution < -0.4 is 5.32 Å². The van der Waals surface area contributed by atoms with Crippen LogP contribution in [-0.2, 0) is 9.59 Å². The first kappa shape index (κ1) is 17.5. The lowest BCUT2D eigenvalue weighted by Gasteiger charge is -2.52. The normalized spacial score (nSPS) is 27.6. The van der Waals surface area contributed by atoms with Crippen molar-refractivity contribution in [1.29, 1.82) is 0 Å². The van der Waals surface area contributed by atoms with E-state index >= 15 is 0 Å². The standard InChI is InChI=1S/C16H27N3O2.ClH/c1-13(20)19-11-10-18(15(21)14-6-5-9-17-14)12-16(19)7-3-2-4-8-16;/h14,17H,2-12H2,1H3;1H. The van der Waals surface area contributed by atoms with Gasteiger partial charge in [-0.2, -0.15) is 0 Å². The van der Waals surface area contributed by atoms with Gasteiger partial charge in [-0.25, -0.2) is 0 Å². The van der Waals surface area contributed by atoms with Crippen LogP contribution in [0.15, 0.2) is 0 Å². The Morgan fingerprint density at radius 3 is 2.41 bits per heavy atom. The Labute approximate surface area is 139 Å². The van der Waals surface area contributed by atoms with Gasteiger partial charge < -0.3 is 15.1 Å². The first-order chi connectivity index (χ1) is 10.1. The summed E-state index contributed by atoms with van der Waals surface area (Å²) >= 11 is 0. The second-order valence-corrected chi connectivity index (χ2v) is 6.86. The SMILES string of the molecule is CC(=O)N1CCN(C(=O)C2CCCN2)CC12CCCCC2.Cl. The van der Waals surface area contributed by atoms with Crippen LogP contribution in [0.4, 0.5) is 0 Å². The maximum Gasteiger partial charge on any atom is 0.239 e. The molecule has 3 rings (SSSR count). The second kappa shape index (κ2) is 7.18. The largest absolute Gasteiger partial charge is 0.337 e. The smallest absolute Gasteiger partial charge is 0.239 e. The summed E-state index contributed by atoms with van der Waals surface area (Å²) in [6.45, 7) is 4.76. The monoisotopic (exact) mass is 329 g/mol. The van der Waals surface area contributed by atoms with Gasteiger partial charge in [-0.05, 0) is 32.2 Å². The molecule has 1 aliphatic carbocycles. The lowest BCUT2D eigenvalue weighted by Crippen LogP contribution is -2.66. The molecule has 5 nitrogen and oxygen atoms in total.